The molecule has 1 aliphatic heterocycles. The molecule has 7 nitrogen and oxygen atoms in total. The molecule has 2 rings (SSSR count). The summed E-state index contributed by atoms with van der Waals surface area (Å²) >= 11 is 0. The minimum absolute atomic E-state index is 0.449. The molecule has 0 aliphatic carbocycles. The Hall–Kier alpha value is -2.01. The van der Waals surface area contributed by atoms with Crippen LogP contribution in [0.4, 0.5) is 0 Å². The average molecular weight is 377 g/mol. The zero-order chi connectivity index (χ0) is 19.5. The van der Waals surface area contributed by atoms with Gasteiger partial charge in [0.25, 0.3) is 0 Å². The van der Waals surface area contributed by atoms with E-state index in [1.54, 1.807) is 14.2 Å². The van der Waals surface area contributed by atoms with E-state index in [4.69, 9.17) is 24.2 Å². The average Bonchev–Trinajstić information content (AvgIpc) is 2.70. The highest BCUT2D eigenvalue weighted by Gasteiger charge is 2.19. The van der Waals surface area contributed by atoms with Gasteiger partial charge in [-0.15, -0.1) is 0 Å². The molecule has 7 heteroatoms. The number of ether oxygens (including phenoxy) is 4. The second-order valence-corrected chi connectivity index (χ2v) is 6.40. The van der Waals surface area contributed by atoms with Crippen molar-refractivity contribution in [3.05, 3.63) is 17.7 Å². The monoisotopic (exact) mass is 377 g/mol. The summed E-state index contributed by atoms with van der Waals surface area (Å²) in [4.78, 5) is 4.75. The molecule has 1 aromatic rings. The smallest absolute Gasteiger partial charge is 0.203 e. The maximum absolute atomic E-state index is 8.72. The molecule has 150 valence electrons. The Bertz CT molecular complexity index is 585. The van der Waals surface area contributed by atoms with E-state index in [1.165, 1.54) is 0 Å². The highest BCUT2D eigenvalue weighted by Crippen LogP contribution is 2.38. The van der Waals surface area contributed by atoms with Crippen molar-refractivity contribution in [2.24, 2.45) is 0 Å². The molecular formula is C20H31N3O4. The quantitative estimate of drug-likeness (QED) is 0.547. The largest absolute Gasteiger partial charge is 0.493 e. The fourth-order valence-electron chi connectivity index (χ4n) is 3.15. The highest BCUT2D eigenvalue weighted by atomic mass is 16.6. The summed E-state index contributed by atoms with van der Waals surface area (Å²) in [5, 5.41) is 8.72. The Morgan fingerprint density at radius 2 is 1.63 bits per heavy atom. The second kappa shape index (κ2) is 11.7. The van der Waals surface area contributed by atoms with Crippen LogP contribution in [0.5, 0.6) is 17.2 Å². The third-order valence-corrected chi connectivity index (χ3v) is 4.61. The van der Waals surface area contributed by atoms with Crippen molar-refractivity contribution in [2.45, 2.75) is 19.9 Å². The lowest BCUT2D eigenvalue weighted by atomic mass is 10.1. The minimum atomic E-state index is 0.449. The molecule has 0 radical (unpaired) electrons. The van der Waals surface area contributed by atoms with E-state index in [1.807, 2.05) is 19.1 Å². The van der Waals surface area contributed by atoms with Crippen LogP contribution in [0.1, 0.15) is 18.9 Å². The number of hydrogen-bond donors (Lipinski definition) is 0. The molecule has 0 saturated carbocycles. The molecule has 0 N–H and O–H groups in total. The number of hydrogen-bond acceptors (Lipinski definition) is 7. The third kappa shape index (κ3) is 6.58. The predicted octanol–water partition coefficient (Wildman–Crippen LogP) is 2.15. The maximum atomic E-state index is 8.72. The van der Waals surface area contributed by atoms with E-state index in [0.717, 1.165) is 44.8 Å². The SMILES string of the molecule is CCOCCOc1c(OC)cc(CN2CCN(CCC#N)CC2)cc1OC. The molecule has 0 aromatic heterocycles. The van der Waals surface area contributed by atoms with E-state index in [9.17, 15) is 0 Å². The summed E-state index contributed by atoms with van der Waals surface area (Å²) in [7, 11) is 3.28. The first kappa shape index (κ1) is 21.3. The van der Waals surface area contributed by atoms with E-state index in [0.29, 0.717) is 43.5 Å². The first-order chi connectivity index (χ1) is 13.2. The number of nitrogens with zero attached hydrogens (tertiary/aromatic N) is 3. The molecule has 0 bridgehead atoms. The number of rotatable bonds is 11. The molecule has 1 fully saturated rings. The fraction of sp³-hybridized carbons (Fsp3) is 0.650. The topological polar surface area (TPSA) is 67.2 Å². The Kier molecular flexibility index (Phi) is 9.19. The molecule has 0 unspecified atom stereocenters. The van der Waals surface area contributed by atoms with Crippen molar-refractivity contribution >= 4 is 0 Å². The van der Waals surface area contributed by atoms with Gasteiger partial charge >= 0.3 is 0 Å². The van der Waals surface area contributed by atoms with Gasteiger partial charge in [0.1, 0.15) is 6.61 Å². The van der Waals surface area contributed by atoms with Gasteiger partial charge in [0, 0.05) is 52.3 Å². The maximum Gasteiger partial charge on any atom is 0.203 e. The minimum Gasteiger partial charge on any atom is -0.493 e. The van der Waals surface area contributed by atoms with Gasteiger partial charge in [0.2, 0.25) is 5.75 Å². The van der Waals surface area contributed by atoms with Crippen LogP contribution in [0.3, 0.4) is 0 Å². The summed E-state index contributed by atoms with van der Waals surface area (Å²) < 4.78 is 22.2. The van der Waals surface area contributed by atoms with E-state index < -0.39 is 0 Å². The van der Waals surface area contributed by atoms with Gasteiger partial charge in [-0.05, 0) is 24.6 Å². The van der Waals surface area contributed by atoms with Gasteiger partial charge in [-0.1, -0.05) is 0 Å². The fourth-order valence-corrected chi connectivity index (χ4v) is 3.15. The van der Waals surface area contributed by atoms with E-state index in [-0.39, 0.29) is 0 Å². The van der Waals surface area contributed by atoms with Crippen LogP contribution in [0.2, 0.25) is 0 Å². The standard InChI is InChI=1S/C20H31N3O4/c1-4-26-12-13-27-20-18(24-2)14-17(15-19(20)25-3)16-23-10-8-22(9-11-23)7-5-6-21/h14-15H,4-5,7-13,16H2,1-3H3. The van der Waals surface area contributed by atoms with E-state index >= 15 is 0 Å². The van der Waals surface area contributed by atoms with Crippen molar-refractivity contribution in [1.29, 1.82) is 5.26 Å². The van der Waals surface area contributed by atoms with Crippen LogP contribution >= 0.6 is 0 Å². The van der Waals surface area contributed by atoms with Crippen molar-refractivity contribution in [2.75, 3.05) is 66.8 Å². The molecule has 1 aliphatic rings. The molecule has 1 heterocycles. The first-order valence-electron chi connectivity index (χ1n) is 9.48. The molecule has 1 saturated heterocycles. The summed E-state index contributed by atoms with van der Waals surface area (Å²) in [5.74, 6) is 1.96. The van der Waals surface area contributed by atoms with E-state index in [2.05, 4.69) is 15.9 Å². The lowest BCUT2D eigenvalue weighted by molar-refractivity contribution is 0.107. The number of nitriles is 1. The Morgan fingerprint density at radius 3 is 2.19 bits per heavy atom. The van der Waals surface area contributed by atoms with Crippen molar-refractivity contribution < 1.29 is 18.9 Å². The third-order valence-electron chi connectivity index (χ3n) is 4.61. The normalized spacial score (nSPS) is 15.3. The summed E-state index contributed by atoms with van der Waals surface area (Å²) in [6.45, 7) is 9.26. The lowest BCUT2D eigenvalue weighted by Gasteiger charge is -2.34. The van der Waals surface area contributed by atoms with Gasteiger partial charge in [0.15, 0.2) is 11.5 Å². The molecule has 0 atom stereocenters. The zero-order valence-electron chi connectivity index (χ0n) is 16.7. The van der Waals surface area contributed by atoms with Gasteiger partial charge in [0.05, 0.1) is 26.9 Å². The summed E-state index contributed by atoms with van der Waals surface area (Å²) in [5.41, 5.74) is 1.13. The molecule has 1 aromatic carbocycles. The van der Waals surface area contributed by atoms with Crippen LogP contribution in [0.25, 0.3) is 0 Å². The molecular weight excluding hydrogens is 346 g/mol. The van der Waals surface area contributed by atoms with Crippen molar-refractivity contribution in [3.63, 3.8) is 0 Å². The van der Waals surface area contributed by atoms with Gasteiger partial charge < -0.3 is 18.9 Å². The molecule has 0 spiro atoms. The van der Waals surface area contributed by atoms with Crippen molar-refractivity contribution in [3.8, 4) is 23.3 Å². The number of methoxy groups -OCH3 is 2. The van der Waals surface area contributed by atoms with Crippen LogP contribution in [0, 0.1) is 11.3 Å². The van der Waals surface area contributed by atoms with Gasteiger partial charge in [-0.3, -0.25) is 9.80 Å². The number of benzene rings is 1. The summed E-state index contributed by atoms with van der Waals surface area (Å²) in [6, 6.07) is 6.24. The highest BCUT2D eigenvalue weighted by molar-refractivity contribution is 5.53. The van der Waals surface area contributed by atoms with Crippen molar-refractivity contribution in [1.82, 2.24) is 9.80 Å². The summed E-state index contributed by atoms with van der Waals surface area (Å²) in [6.07, 6.45) is 0.596. The molecule has 27 heavy (non-hydrogen) atoms. The van der Waals surface area contributed by atoms with Gasteiger partial charge in [-0.25, -0.2) is 0 Å². The Morgan fingerprint density at radius 1 is 1.00 bits per heavy atom. The van der Waals surface area contributed by atoms with Crippen LogP contribution < -0.4 is 14.2 Å². The number of piperazine rings is 1. The second-order valence-electron chi connectivity index (χ2n) is 6.40. The van der Waals surface area contributed by atoms with Crippen LogP contribution in [-0.4, -0.2) is 76.6 Å². The first-order valence-corrected chi connectivity index (χ1v) is 9.48. The van der Waals surface area contributed by atoms with Crippen LogP contribution in [-0.2, 0) is 11.3 Å². The Labute approximate surface area is 162 Å². The molecule has 0 amide bonds. The predicted molar refractivity (Wildman–Crippen MR) is 103 cm³/mol. The van der Waals surface area contributed by atoms with Crippen LogP contribution in [0.15, 0.2) is 12.1 Å². The Balaban J connectivity index is 1.98. The lowest BCUT2D eigenvalue weighted by Crippen LogP contribution is -2.46. The van der Waals surface area contributed by atoms with Gasteiger partial charge in [-0.2, -0.15) is 5.26 Å². The zero-order valence-corrected chi connectivity index (χ0v) is 16.7.